The third-order valence-electron chi connectivity index (χ3n) is 4.45. The molecule has 2 aliphatic rings. The number of hydrogen-bond acceptors (Lipinski definition) is 5. The SMILES string of the molecule is NC(=O)c1cc([N+](=O)[O-])cn(CC(=O)NC(C2CC2)C2CC2)c1=O. The first kappa shape index (κ1) is 16.2. The van der Waals surface area contributed by atoms with Gasteiger partial charge in [-0.25, -0.2) is 0 Å². The number of pyridine rings is 1. The van der Waals surface area contributed by atoms with Crippen molar-refractivity contribution in [2.75, 3.05) is 0 Å². The third kappa shape index (κ3) is 3.44. The summed E-state index contributed by atoms with van der Waals surface area (Å²) in [5.41, 5.74) is 3.31. The highest BCUT2D eigenvalue weighted by Crippen LogP contribution is 2.44. The minimum Gasteiger partial charge on any atom is -0.365 e. The lowest BCUT2D eigenvalue weighted by Crippen LogP contribution is -2.42. The monoisotopic (exact) mass is 334 g/mol. The van der Waals surface area contributed by atoms with Crippen molar-refractivity contribution in [1.29, 1.82) is 0 Å². The van der Waals surface area contributed by atoms with Crippen molar-refractivity contribution in [3.8, 4) is 0 Å². The van der Waals surface area contributed by atoms with Crippen LogP contribution in [0.2, 0.25) is 0 Å². The van der Waals surface area contributed by atoms with Gasteiger partial charge >= 0.3 is 0 Å². The molecule has 1 aromatic heterocycles. The van der Waals surface area contributed by atoms with Gasteiger partial charge in [-0.15, -0.1) is 0 Å². The van der Waals surface area contributed by atoms with Gasteiger partial charge in [0.05, 0.1) is 11.1 Å². The number of nitrogens with zero attached hydrogens (tertiary/aromatic N) is 2. The quantitative estimate of drug-likeness (QED) is 0.540. The van der Waals surface area contributed by atoms with Crippen LogP contribution in [-0.2, 0) is 11.3 Å². The van der Waals surface area contributed by atoms with E-state index in [1.165, 1.54) is 0 Å². The topological polar surface area (TPSA) is 137 Å². The number of carbonyl (C=O) groups is 2. The Morgan fingerprint density at radius 1 is 1.33 bits per heavy atom. The zero-order valence-corrected chi connectivity index (χ0v) is 12.9. The number of amides is 2. The third-order valence-corrected chi connectivity index (χ3v) is 4.45. The van der Waals surface area contributed by atoms with Crippen molar-refractivity contribution in [2.45, 2.75) is 38.3 Å². The highest BCUT2D eigenvalue weighted by atomic mass is 16.6. The molecule has 0 spiro atoms. The fraction of sp³-hybridized carbons (Fsp3) is 0.533. The molecule has 1 aromatic rings. The van der Waals surface area contributed by atoms with Crippen LogP contribution in [-0.4, -0.2) is 27.3 Å². The average Bonchev–Trinajstić information content (AvgIpc) is 3.38. The molecule has 0 aliphatic heterocycles. The predicted molar refractivity (Wildman–Crippen MR) is 83.3 cm³/mol. The van der Waals surface area contributed by atoms with Crippen molar-refractivity contribution in [3.05, 3.63) is 38.3 Å². The molecule has 0 unspecified atom stereocenters. The zero-order chi connectivity index (χ0) is 17.4. The van der Waals surface area contributed by atoms with Gasteiger partial charge in [-0.3, -0.25) is 29.1 Å². The highest BCUT2D eigenvalue weighted by molar-refractivity contribution is 5.93. The van der Waals surface area contributed by atoms with Crippen LogP contribution in [0.5, 0.6) is 0 Å². The summed E-state index contributed by atoms with van der Waals surface area (Å²) in [4.78, 5) is 45.9. The van der Waals surface area contributed by atoms with Crippen molar-refractivity contribution in [2.24, 2.45) is 17.6 Å². The number of carbonyl (C=O) groups excluding carboxylic acids is 2. The fourth-order valence-electron chi connectivity index (χ4n) is 2.93. The summed E-state index contributed by atoms with van der Waals surface area (Å²) in [5.74, 6) is -0.475. The lowest BCUT2D eigenvalue weighted by atomic mass is 10.1. The standard InChI is InChI=1S/C15H18N4O5/c16-14(21)11-5-10(19(23)24)6-18(15(11)22)7-12(20)17-13(8-1-2-8)9-3-4-9/h5-6,8-9,13H,1-4,7H2,(H2,16,21)(H,17,20). The number of hydrogen-bond donors (Lipinski definition) is 2. The Labute approximate surface area is 137 Å². The first-order valence-corrected chi connectivity index (χ1v) is 7.85. The summed E-state index contributed by atoms with van der Waals surface area (Å²) in [6.45, 7) is -0.378. The molecule has 2 aliphatic carbocycles. The van der Waals surface area contributed by atoms with E-state index in [0.29, 0.717) is 11.8 Å². The van der Waals surface area contributed by atoms with E-state index in [-0.39, 0.29) is 12.6 Å². The molecule has 9 nitrogen and oxygen atoms in total. The highest BCUT2D eigenvalue weighted by Gasteiger charge is 2.42. The van der Waals surface area contributed by atoms with Gasteiger partial charge in [0.15, 0.2) is 0 Å². The van der Waals surface area contributed by atoms with E-state index in [1.54, 1.807) is 0 Å². The molecule has 24 heavy (non-hydrogen) atoms. The van der Waals surface area contributed by atoms with Gasteiger partial charge in [0.2, 0.25) is 5.91 Å². The Balaban J connectivity index is 1.80. The van der Waals surface area contributed by atoms with Crippen molar-refractivity contribution < 1.29 is 14.5 Å². The van der Waals surface area contributed by atoms with Crippen LogP contribution in [0.15, 0.2) is 17.1 Å². The lowest BCUT2D eigenvalue weighted by Gasteiger charge is -2.18. The Hall–Kier alpha value is -2.71. The maximum Gasteiger partial charge on any atom is 0.286 e. The normalized spacial score (nSPS) is 16.9. The first-order chi connectivity index (χ1) is 11.4. The summed E-state index contributed by atoms with van der Waals surface area (Å²) in [7, 11) is 0. The number of nitro groups is 1. The molecule has 3 N–H and O–H groups in total. The van der Waals surface area contributed by atoms with Crippen molar-refractivity contribution in [3.63, 3.8) is 0 Å². The van der Waals surface area contributed by atoms with Crippen LogP contribution < -0.4 is 16.6 Å². The molecule has 1 heterocycles. The van der Waals surface area contributed by atoms with E-state index in [1.807, 2.05) is 0 Å². The Morgan fingerprint density at radius 2 is 1.92 bits per heavy atom. The number of aromatic nitrogens is 1. The van der Waals surface area contributed by atoms with Gasteiger partial charge in [-0.05, 0) is 37.5 Å². The van der Waals surface area contributed by atoms with E-state index in [0.717, 1.165) is 42.5 Å². The van der Waals surface area contributed by atoms with E-state index in [4.69, 9.17) is 5.73 Å². The second-order valence-corrected chi connectivity index (χ2v) is 6.43. The van der Waals surface area contributed by atoms with Gasteiger partial charge in [0.1, 0.15) is 12.1 Å². The molecule has 0 saturated heterocycles. The molecule has 9 heteroatoms. The van der Waals surface area contributed by atoms with Crippen LogP contribution in [0.1, 0.15) is 36.0 Å². The number of primary amides is 1. The second kappa shape index (κ2) is 6.06. The molecule has 0 atom stereocenters. The lowest BCUT2D eigenvalue weighted by molar-refractivity contribution is -0.385. The summed E-state index contributed by atoms with van der Waals surface area (Å²) < 4.78 is 0.865. The average molecular weight is 334 g/mol. The maximum absolute atomic E-state index is 12.2. The smallest absolute Gasteiger partial charge is 0.286 e. The van der Waals surface area contributed by atoms with E-state index < -0.39 is 33.5 Å². The molecule has 2 amide bonds. The van der Waals surface area contributed by atoms with E-state index >= 15 is 0 Å². The molecule has 0 aromatic carbocycles. The van der Waals surface area contributed by atoms with Gasteiger partial charge in [0, 0.05) is 12.1 Å². The van der Waals surface area contributed by atoms with Crippen molar-refractivity contribution >= 4 is 17.5 Å². The molecule has 0 radical (unpaired) electrons. The van der Waals surface area contributed by atoms with E-state index in [9.17, 15) is 24.5 Å². The number of rotatable bonds is 7. The first-order valence-electron chi connectivity index (χ1n) is 7.85. The molecular formula is C15H18N4O5. The Morgan fingerprint density at radius 3 is 2.38 bits per heavy atom. The van der Waals surface area contributed by atoms with Crippen LogP contribution in [0.25, 0.3) is 0 Å². The summed E-state index contributed by atoms with van der Waals surface area (Å²) >= 11 is 0. The minimum absolute atomic E-state index is 0.113. The predicted octanol–water partition coefficient (Wildman–Crippen LogP) is 0.160. The van der Waals surface area contributed by atoms with Gasteiger partial charge in [0.25, 0.3) is 17.2 Å². The molecular weight excluding hydrogens is 316 g/mol. The zero-order valence-electron chi connectivity index (χ0n) is 12.9. The number of nitrogens with one attached hydrogen (secondary N) is 1. The molecule has 128 valence electrons. The van der Waals surface area contributed by atoms with Gasteiger partial charge < -0.3 is 11.1 Å². The fourth-order valence-corrected chi connectivity index (χ4v) is 2.93. The molecule has 2 saturated carbocycles. The molecule has 3 rings (SSSR count). The largest absolute Gasteiger partial charge is 0.365 e. The van der Waals surface area contributed by atoms with Gasteiger partial charge in [-0.1, -0.05) is 0 Å². The van der Waals surface area contributed by atoms with Crippen molar-refractivity contribution in [1.82, 2.24) is 9.88 Å². The second-order valence-electron chi connectivity index (χ2n) is 6.43. The summed E-state index contributed by atoms with van der Waals surface area (Å²) in [6, 6.07) is 0.943. The van der Waals surface area contributed by atoms with Crippen LogP contribution in [0.4, 0.5) is 5.69 Å². The van der Waals surface area contributed by atoms with E-state index in [2.05, 4.69) is 5.32 Å². The summed E-state index contributed by atoms with van der Waals surface area (Å²) in [6.07, 6.45) is 5.31. The number of nitrogens with two attached hydrogens (primary N) is 1. The Kier molecular flexibility index (Phi) is 4.08. The van der Waals surface area contributed by atoms with Gasteiger partial charge in [-0.2, -0.15) is 0 Å². The van der Waals surface area contributed by atoms with Crippen LogP contribution in [0.3, 0.4) is 0 Å². The minimum atomic E-state index is -1.06. The van der Waals surface area contributed by atoms with Crippen LogP contribution >= 0.6 is 0 Å². The van der Waals surface area contributed by atoms with Crippen LogP contribution in [0, 0.1) is 22.0 Å². The summed E-state index contributed by atoms with van der Waals surface area (Å²) in [5, 5.41) is 13.9. The maximum atomic E-state index is 12.2. The molecule has 0 bridgehead atoms. The molecule has 2 fully saturated rings. The Bertz CT molecular complexity index is 752.